The molecule has 0 saturated heterocycles. The van der Waals surface area contributed by atoms with Crippen LogP contribution in [0.4, 0.5) is 13.2 Å². The zero-order chi connectivity index (χ0) is 9.99. The Balaban J connectivity index is 4.50. The fourth-order valence-electron chi connectivity index (χ4n) is 0.350. The van der Waals surface area contributed by atoms with E-state index in [1.165, 1.54) is 6.92 Å². The number of ether oxygens (including phenoxy) is 1. The van der Waals surface area contributed by atoms with Crippen LogP contribution in [0, 0.1) is 0 Å². The van der Waals surface area contributed by atoms with E-state index >= 15 is 0 Å². The van der Waals surface area contributed by atoms with E-state index < -0.39 is 17.9 Å². The number of rotatable bonds is 3. The Hall–Kier alpha value is -0.820. The molecule has 0 saturated carbocycles. The highest BCUT2D eigenvalue weighted by Gasteiger charge is 2.60. The molecule has 1 unspecified atom stereocenters. The maximum absolute atomic E-state index is 12.3. The van der Waals surface area contributed by atoms with Crippen LogP contribution < -0.4 is 0 Å². The minimum atomic E-state index is -5.17. The second kappa shape index (κ2) is 3.28. The van der Waals surface area contributed by atoms with Crippen molar-refractivity contribution in [2.24, 2.45) is 0 Å². The van der Waals surface area contributed by atoms with Gasteiger partial charge in [0.25, 0.3) is 0 Å². The Labute approximate surface area is 65.6 Å². The van der Waals surface area contributed by atoms with Gasteiger partial charge in [0.05, 0.1) is 6.61 Å². The van der Waals surface area contributed by atoms with Gasteiger partial charge in [0.15, 0.2) is 0 Å². The zero-order valence-electron chi connectivity index (χ0n) is 6.05. The second-order valence-corrected chi connectivity index (χ2v) is 1.88. The summed E-state index contributed by atoms with van der Waals surface area (Å²) in [5.41, 5.74) is 0. The molecule has 0 heterocycles. The molecular weight excluding hydrogens is 181 g/mol. The average Bonchev–Trinajstić information content (AvgIpc) is 1.85. The van der Waals surface area contributed by atoms with Crippen molar-refractivity contribution in [1.82, 2.24) is 0 Å². The number of esters is 1. The van der Waals surface area contributed by atoms with Crippen molar-refractivity contribution in [2.45, 2.75) is 18.9 Å². The highest BCUT2D eigenvalue weighted by atomic mass is 19.3. The van der Waals surface area contributed by atoms with Gasteiger partial charge >= 0.3 is 17.9 Å². The van der Waals surface area contributed by atoms with Gasteiger partial charge < -0.3 is 14.9 Å². The van der Waals surface area contributed by atoms with E-state index in [1.807, 2.05) is 0 Å². The van der Waals surface area contributed by atoms with Gasteiger partial charge in [-0.05, 0) is 6.92 Å². The van der Waals surface area contributed by atoms with E-state index in [0.29, 0.717) is 0 Å². The molecule has 72 valence electrons. The molecule has 0 aromatic rings. The smallest absolute Gasteiger partial charge is 0.423 e. The molecule has 0 aliphatic carbocycles. The summed E-state index contributed by atoms with van der Waals surface area (Å²) in [6.07, 6.45) is -5.17. The van der Waals surface area contributed by atoms with E-state index in [1.54, 1.807) is 0 Å². The Morgan fingerprint density at radius 1 is 1.42 bits per heavy atom. The summed E-state index contributed by atoms with van der Waals surface area (Å²) in [4.78, 5) is 10.2. The lowest BCUT2D eigenvalue weighted by molar-refractivity contribution is -0.342. The summed E-state index contributed by atoms with van der Waals surface area (Å²) in [5.74, 6) is -6.92. The summed E-state index contributed by atoms with van der Waals surface area (Å²) in [7, 11) is 0. The molecule has 0 aromatic carbocycles. The largest absolute Gasteiger partial charge is 0.462 e. The van der Waals surface area contributed by atoms with Gasteiger partial charge in [-0.25, -0.2) is 4.79 Å². The number of hydrogen-bond donors (Lipinski definition) is 2. The molecule has 1 atom stereocenters. The monoisotopic (exact) mass is 188 g/mol. The molecule has 0 aliphatic rings. The van der Waals surface area contributed by atoms with Gasteiger partial charge in [0.1, 0.15) is 0 Å². The van der Waals surface area contributed by atoms with E-state index in [4.69, 9.17) is 10.2 Å². The summed E-state index contributed by atoms with van der Waals surface area (Å²) in [6.45, 7) is 0.838. The minimum absolute atomic E-state index is 0.388. The van der Waals surface area contributed by atoms with Gasteiger partial charge in [-0.15, -0.1) is 0 Å². The first-order valence-electron chi connectivity index (χ1n) is 2.92. The van der Waals surface area contributed by atoms with Crippen LogP contribution in [0.5, 0.6) is 0 Å². The average molecular weight is 188 g/mol. The maximum atomic E-state index is 12.3. The Kier molecular flexibility index (Phi) is 3.05. The minimum Gasteiger partial charge on any atom is -0.462 e. The quantitative estimate of drug-likeness (QED) is 0.601. The normalized spacial score (nSPS) is 16.8. The molecule has 0 radical (unpaired) electrons. The fourth-order valence-corrected chi connectivity index (χ4v) is 0.350. The van der Waals surface area contributed by atoms with Crippen LogP contribution in [0.1, 0.15) is 6.92 Å². The number of hydrogen-bond acceptors (Lipinski definition) is 4. The number of carbonyl (C=O) groups excluding carboxylic acids is 1. The van der Waals surface area contributed by atoms with Crippen LogP contribution in [0.2, 0.25) is 0 Å². The van der Waals surface area contributed by atoms with Crippen molar-refractivity contribution < 1.29 is 32.9 Å². The second-order valence-electron chi connectivity index (χ2n) is 1.88. The van der Waals surface area contributed by atoms with Crippen molar-refractivity contribution in [2.75, 3.05) is 6.61 Å². The summed E-state index contributed by atoms with van der Waals surface area (Å²) in [5, 5.41) is 15.8. The Morgan fingerprint density at radius 3 is 2.08 bits per heavy atom. The highest BCUT2D eigenvalue weighted by Crippen LogP contribution is 2.28. The molecule has 0 bridgehead atoms. The third-order valence-corrected chi connectivity index (χ3v) is 0.945. The number of carbonyl (C=O) groups is 1. The Morgan fingerprint density at radius 2 is 1.83 bits per heavy atom. The SMILES string of the molecule is CCOC(=O)C(O)(F)C(O)(F)F. The lowest BCUT2D eigenvalue weighted by atomic mass is 10.3. The Bertz CT molecular complexity index is 174. The molecule has 4 nitrogen and oxygen atoms in total. The molecule has 2 N–H and O–H groups in total. The molecular formula is C5H7F3O4. The summed E-state index contributed by atoms with van der Waals surface area (Å²) < 4.78 is 39.4. The van der Waals surface area contributed by atoms with Crippen LogP contribution in [0.25, 0.3) is 0 Å². The third-order valence-electron chi connectivity index (χ3n) is 0.945. The van der Waals surface area contributed by atoms with Gasteiger partial charge in [0.2, 0.25) is 0 Å². The molecule has 0 spiro atoms. The van der Waals surface area contributed by atoms with Crippen LogP contribution in [0.3, 0.4) is 0 Å². The van der Waals surface area contributed by atoms with Crippen LogP contribution in [-0.2, 0) is 9.53 Å². The topological polar surface area (TPSA) is 66.8 Å². The van der Waals surface area contributed by atoms with Gasteiger partial charge in [-0.1, -0.05) is 0 Å². The number of alkyl halides is 3. The van der Waals surface area contributed by atoms with Crippen molar-refractivity contribution in [3.05, 3.63) is 0 Å². The molecule has 0 aliphatic heterocycles. The molecule has 0 rings (SSSR count). The lowest BCUT2D eigenvalue weighted by Gasteiger charge is -2.20. The van der Waals surface area contributed by atoms with Crippen LogP contribution >= 0.6 is 0 Å². The number of aliphatic hydroxyl groups is 2. The van der Waals surface area contributed by atoms with Crippen molar-refractivity contribution >= 4 is 5.97 Å². The van der Waals surface area contributed by atoms with Gasteiger partial charge in [0, 0.05) is 0 Å². The summed E-state index contributed by atoms with van der Waals surface area (Å²) >= 11 is 0. The molecule has 12 heavy (non-hydrogen) atoms. The zero-order valence-corrected chi connectivity index (χ0v) is 6.05. The highest BCUT2D eigenvalue weighted by molar-refractivity contribution is 5.78. The van der Waals surface area contributed by atoms with E-state index in [2.05, 4.69) is 4.74 Å². The summed E-state index contributed by atoms with van der Waals surface area (Å²) in [6, 6.07) is 0. The van der Waals surface area contributed by atoms with Crippen molar-refractivity contribution in [3.8, 4) is 0 Å². The number of halogens is 3. The van der Waals surface area contributed by atoms with Crippen molar-refractivity contribution in [3.63, 3.8) is 0 Å². The lowest BCUT2D eigenvalue weighted by Crippen LogP contribution is -2.51. The standard InChI is InChI=1S/C5H7F3O4/c1-2-12-3(9)4(6,10)5(7,8)11/h10-11H,2H2,1H3. The fraction of sp³-hybridized carbons (Fsp3) is 0.800. The van der Waals surface area contributed by atoms with E-state index in [-0.39, 0.29) is 6.61 Å². The van der Waals surface area contributed by atoms with Crippen molar-refractivity contribution in [1.29, 1.82) is 0 Å². The predicted octanol–water partition coefficient (Wildman–Crippen LogP) is -0.207. The molecule has 0 fully saturated rings. The van der Waals surface area contributed by atoms with Gasteiger partial charge in [-0.3, -0.25) is 0 Å². The van der Waals surface area contributed by atoms with E-state index in [9.17, 15) is 18.0 Å². The van der Waals surface area contributed by atoms with Crippen LogP contribution in [-0.4, -0.2) is 34.8 Å². The van der Waals surface area contributed by atoms with Crippen LogP contribution in [0.15, 0.2) is 0 Å². The van der Waals surface area contributed by atoms with Gasteiger partial charge in [-0.2, -0.15) is 13.2 Å². The molecule has 7 heteroatoms. The first-order valence-corrected chi connectivity index (χ1v) is 2.92. The maximum Gasteiger partial charge on any atom is 0.423 e. The predicted molar refractivity (Wildman–Crippen MR) is 29.9 cm³/mol. The first-order chi connectivity index (χ1) is 5.23. The molecule has 0 aromatic heterocycles. The third kappa shape index (κ3) is 2.08. The molecule has 0 amide bonds. The first kappa shape index (κ1) is 11.2. The van der Waals surface area contributed by atoms with E-state index in [0.717, 1.165) is 0 Å².